The minimum atomic E-state index is -0.286. The highest BCUT2D eigenvalue weighted by atomic mass is 35.5. The molecule has 3 unspecified atom stereocenters. The van der Waals surface area contributed by atoms with E-state index in [1.54, 1.807) is 12.3 Å². The maximum atomic E-state index is 14.5. The summed E-state index contributed by atoms with van der Waals surface area (Å²) in [4.78, 5) is 24.8. The van der Waals surface area contributed by atoms with Crippen LogP contribution in [0, 0.1) is 5.92 Å². The Balaban J connectivity index is 1.36. The van der Waals surface area contributed by atoms with Crippen molar-refractivity contribution >= 4 is 57.0 Å². The van der Waals surface area contributed by atoms with E-state index in [0.29, 0.717) is 27.3 Å². The second-order valence-corrected chi connectivity index (χ2v) is 13.2. The first-order valence-electron chi connectivity index (χ1n) is 16.0. The van der Waals surface area contributed by atoms with Gasteiger partial charge in [-0.2, -0.15) is 0 Å². The normalized spacial score (nSPS) is 20.3. The Morgan fingerprint density at radius 1 is 1.02 bits per heavy atom. The van der Waals surface area contributed by atoms with Crippen LogP contribution in [0.3, 0.4) is 0 Å². The van der Waals surface area contributed by atoms with Gasteiger partial charge < -0.3 is 25.3 Å². The van der Waals surface area contributed by atoms with Crippen LogP contribution >= 0.6 is 23.2 Å². The fourth-order valence-electron chi connectivity index (χ4n) is 7.20. The Labute approximate surface area is 283 Å². The van der Waals surface area contributed by atoms with E-state index in [2.05, 4.69) is 81.1 Å². The molecule has 0 radical (unpaired) electrons. The highest BCUT2D eigenvalue weighted by Gasteiger charge is 2.39. The Morgan fingerprint density at radius 2 is 1.85 bits per heavy atom. The first-order chi connectivity index (χ1) is 23.0. The molecule has 3 aliphatic heterocycles. The van der Waals surface area contributed by atoms with E-state index >= 15 is 0 Å². The number of carbonyl (C=O) groups excluding carboxylic acids is 1. The van der Waals surface area contributed by atoms with E-state index < -0.39 is 0 Å². The molecule has 2 aromatic heterocycles. The summed E-state index contributed by atoms with van der Waals surface area (Å²) in [6.45, 7) is 3.88. The van der Waals surface area contributed by atoms with Gasteiger partial charge in [0.15, 0.2) is 0 Å². The summed E-state index contributed by atoms with van der Waals surface area (Å²) < 4.78 is 6.22. The van der Waals surface area contributed by atoms with Crippen molar-refractivity contribution < 1.29 is 9.53 Å². The van der Waals surface area contributed by atoms with Crippen molar-refractivity contribution in [3.8, 4) is 5.88 Å². The molecule has 1 amide bonds. The van der Waals surface area contributed by atoms with E-state index in [1.165, 1.54) is 5.57 Å². The lowest BCUT2D eigenvalue weighted by atomic mass is 9.82. The summed E-state index contributed by atoms with van der Waals surface area (Å²) in [6, 6.07) is 25.8. The van der Waals surface area contributed by atoms with Crippen molar-refractivity contribution in [2.24, 2.45) is 5.92 Å². The number of nitrogens with zero attached hydrogens (tertiary/aromatic N) is 2. The lowest BCUT2D eigenvalue weighted by Crippen LogP contribution is -2.29. The Morgan fingerprint density at radius 3 is 2.64 bits per heavy atom. The second-order valence-electron chi connectivity index (χ2n) is 12.3. The maximum Gasteiger partial charge on any atom is 0.272 e. The lowest BCUT2D eigenvalue weighted by molar-refractivity contribution is 0.102. The molecule has 0 aliphatic carbocycles. The topological polar surface area (TPSA) is 82.3 Å². The SMILES string of the molecule is CC1CC=CN2C(=C1c1ccccc1)c1c(C(=O)Nc3cccnc3OC3CCNC3)[nH]c3cc(Cl)cc(c13)C2c1ccc(Cl)cc1. The smallest absolute Gasteiger partial charge is 0.272 e. The zero-order chi connectivity index (χ0) is 32.1. The standard InChI is InChI=1S/C38H33Cl2N5O2/c1-22-7-6-18-45-35(24-11-13-25(39)14-12-24)28-19-26(40)20-30-32(28)33(36(45)31(22)23-8-3-2-4-9-23)34(43-30)37(46)44-29-10-5-16-42-38(29)47-27-15-17-41-21-27/h2-6,8-14,16,18-20,22,27,35,41,43H,7,15,17,21H2,1H3,(H,44,46). The molecule has 3 aromatic carbocycles. The molecule has 0 bridgehead atoms. The zero-order valence-corrected chi connectivity index (χ0v) is 27.3. The van der Waals surface area contributed by atoms with E-state index in [9.17, 15) is 4.79 Å². The summed E-state index contributed by atoms with van der Waals surface area (Å²) in [5, 5.41) is 8.68. The molecule has 47 heavy (non-hydrogen) atoms. The largest absolute Gasteiger partial charge is 0.471 e. The number of H-pyrrole nitrogens is 1. The van der Waals surface area contributed by atoms with Crippen LogP contribution in [-0.4, -0.2) is 40.0 Å². The van der Waals surface area contributed by atoms with Crippen molar-refractivity contribution in [1.29, 1.82) is 0 Å². The van der Waals surface area contributed by atoms with Crippen LogP contribution in [0.1, 0.15) is 58.5 Å². The number of rotatable bonds is 6. The lowest BCUT2D eigenvalue weighted by Gasteiger charge is -2.39. The molecular formula is C38H33Cl2N5O2. The van der Waals surface area contributed by atoms with Gasteiger partial charge in [-0.15, -0.1) is 0 Å². The number of aromatic nitrogens is 2. The maximum absolute atomic E-state index is 14.5. The van der Waals surface area contributed by atoms with E-state index in [0.717, 1.165) is 64.8 Å². The third-order valence-corrected chi connectivity index (χ3v) is 9.75. The van der Waals surface area contributed by atoms with Gasteiger partial charge in [-0.3, -0.25) is 4.79 Å². The number of aromatic amines is 1. The molecule has 0 spiro atoms. The van der Waals surface area contributed by atoms with Gasteiger partial charge in [-0.25, -0.2) is 4.98 Å². The third kappa shape index (κ3) is 5.38. The summed E-state index contributed by atoms with van der Waals surface area (Å²) in [5.74, 6) is 0.293. The number of pyridine rings is 1. The molecule has 1 fully saturated rings. The summed E-state index contributed by atoms with van der Waals surface area (Å²) in [7, 11) is 0. The number of fused-ring (bicyclic) bond motifs is 2. The number of hydrogen-bond acceptors (Lipinski definition) is 5. The van der Waals surface area contributed by atoms with Crippen LogP contribution in [0.4, 0.5) is 5.69 Å². The number of ether oxygens (including phenoxy) is 1. The Bertz CT molecular complexity index is 2050. The van der Waals surface area contributed by atoms with Crippen LogP contribution < -0.4 is 15.4 Å². The van der Waals surface area contributed by atoms with Gasteiger partial charge in [0, 0.05) is 45.5 Å². The van der Waals surface area contributed by atoms with Gasteiger partial charge >= 0.3 is 0 Å². The molecule has 1 saturated heterocycles. The molecule has 3 atom stereocenters. The Hall–Kier alpha value is -4.56. The van der Waals surface area contributed by atoms with E-state index in [1.807, 2.05) is 36.4 Å². The quantitative estimate of drug-likeness (QED) is 0.170. The number of halogens is 2. The summed E-state index contributed by atoms with van der Waals surface area (Å²) in [6.07, 6.45) is 7.78. The van der Waals surface area contributed by atoms with Gasteiger partial charge in [0.25, 0.3) is 5.91 Å². The predicted molar refractivity (Wildman–Crippen MR) is 189 cm³/mol. The second kappa shape index (κ2) is 12.2. The minimum Gasteiger partial charge on any atom is -0.471 e. The number of allylic oxidation sites excluding steroid dienone is 2. The molecule has 3 N–H and O–H groups in total. The van der Waals surface area contributed by atoms with Crippen molar-refractivity contribution in [2.75, 3.05) is 18.4 Å². The fourth-order valence-corrected chi connectivity index (χ4v) is 7.55. The molecule has 5 heterocycles. The number of carbonyl (C=O) groups is 1. The van der Waals surface area contributed by atoms with Gasteiger partial charge in [-0.05, 0) is 84.0 Å². The van der Waals surface area contributed by atoms with Crippen molar-refractivity contribution in [1.82, 2.24) is 20.2 Å². The van der Waals surface area contributed by atoms with Gasteiger partial charge in [0.05, 0.1) is 11.7 Å². The summed E-state index contributed by atoms with van der Waals surface area (Å²) >= 11 is 13.2. The van der Waals surface area contributed by atoms with E-state index in [-0.39, 0.29) is 24.0 Å². The molecule has 7 nitrogen and oxygen atoms in total. The van der Waals surface area contributed by atoms with E-state index in [4.69, 9.17) is 27.9 Å². The molecule has 3 aliphatic rings. The Kier molecular flexibility index (Phi) is 7.76. The average Bonchev–Trinajstić information content (AvgIpc) is 3.69. The van der Waals surface area contributed by atoms with Gasteiger partial charge in [0.2, 0.25) is 5.88 Å². The molecular weight excluding hydrogens is 629 g/mol. The van der Waals surface area contributed by atoms with Crippen molar-refractivity contribution in [3.63, 3.8) is 0 Å². The van der Waals surface area contributed by atoms with Gasteiger partial charge in [-0.1, -0.05) is 78.7 Å². The van der Waals surface area contributed by atoms with Crippen LogP contribution in [-0.2, 0) is 0 Å². The first-order valence-corrected chi connectivity index (χ1v) is 16.7. The van der Waals surface area contributed by atoms with Gasteiger partial charge in [0.1, 0.15) is 17.5 Å². The highest BCUT2D eigenvalue weighted by Crippen LogP contribution is 2.52. The van der Waals surface area contributed by atoms with Crippen LogP contribution in [0.2, 0.25) is 10.0 Å². The first kappa shape index (κ1) is 29.8. The van der Waals surface area contributed by atoms with Crippen LogP contribution in [0.25, 0.3) is 22.2 Å². The van der Waals surface area contributed by atoms with Crippen molar-refractivity contribution in [3.05, 3.63) is 135 Å². The number of amides is 1. The zero-order valence-electron chi connectivity index (χ0n) is 25.8. The number of hydrogen-bond donors (Lipinski definition) is 3. The summed E-state index contributed by atoms with van der Waals surface area (Å²) in [5.41, 5.74) is 7.97. The number of nitrogens with one attached hydrogen (secondary N) is 3. The predicted octanol–water partition coefficient (Wildman–Crippen LogP) is 8.69. The number of benzene rings is 3. The molecule has 8 rings (SSSR count). The molecule has 9 heteroatoms. The third-order valence-electron chi connectivity index (χ3n) is 9.27. The highest BCUT2D eigenvalue weighted by molar-refractivity contribution is 6.32. The fraction of sp³-hybridized carbons (Fsp3) is 0.211. The number of anilines is 1. The molecule has 0 saturated carbocycles. The minimum absolute atomic E-state index is 0.00399. The monoisotopic (exact) mass is 661 g/mol. The molecule has 236 valence electrons. The van der Waals surface area contributed by atoms with Crippen LogP contribution in [0.15, 0.2) is 97.3 Å². The molecule has 5 aromatic rings. The van der Waals surface area contributed by atoms with Crippen LogP contribution in [0.5, 0.6) is 5.88 Å². The average molecular weight is 663 g/mol. The van der Waals surface area contributed by atoms with Crippen molar-refractivity contribution in [2.45, 2.75) is 31.9 Å².